The minimum absolute atomic E-state index is 0.581. The van der Waals surface area contributed by atoms with Crippen molar-refractivity contribution in [3.8, 4) is 44.5 Å². The van der Waals surface area contributed by atoms with Crippen molar-refractivity contribution in [3.05, 3.63) is 283 Å². The Morgan fingerprint density at radius 1 is 0.313 bits per heavy atom. The minimum Gasteiger partial charge on any atom is -0.455 e. The SMILES string of the molecule is c1ccc(-c2ccc(N(c3ccc(-c4cccc5c4oc4ccccc45)cc3)c3cc4c(c5ccccc35)C(c3ccccc3)(c3ccccc3)c3ccc(-c5ccccc5)cc3-4)cc2)cc1. The number of rotatable bonds is 8. The first kappa shape index (κ1) is 38.7. The number of anilines is 3. The molecule has 2 heteroatoms. The summed E-state index contributed by atoms with van der Waals surface area (Å²) in [6.07, 6.45) is 0. The van der Waals surface area contributed by atoms with Crippen molar-refractivity contribution in [1.82, 2.24) is 0 Å². The molecule has 2 nitrogen and oxygen atoms in total. The molecule has 12 aromatic rings. The molecule has 11 aromatic carbocycles. The van der Waals surface area contributed by atoms with Crippen LogP contribution in [0.25, 0.3) is 77.2 Å². The van der Waals surface area contributed by atoms with Gasteiger partial charge >= 0.3 is 0 Å². The van der Waals surface area contributed by atoms with Gasteiger partial charge in [0.25, 0.3) is 0 Å². The molecule has 0 saturated carbocycles. The maximum absolute atomic E-state index is 6.53. The van der Waals surface area contributed by atoms with Crippen molar-refractivity contribution in [3.63, 3.8) is 0 Å². The van der Waals surface area contributed by atoms with E-state index in [1.807, 2.05) is 6.07 Å². The van der Waals surface area contributed by atoms with Crippen molar-refractivity contribution < 1.29 is 4.42 Å². The molecule has 314 valence electrons. The number of furan rings is 1. The maximum Gasteiger partial charge on any atom is 0.143 e. The van der Waals surface area contributed by atoms with Crippen LogP contribution in [-0.2, 0) is 5.41 Å². The molecule has 0 radical (unpaired) electrons. The maximum atomic E-state index is 6.53. The minimum atomic E-state index is -0.581. The van der Waals surface area contributed by atoms with Gasteiger partial charge in [0, 0.05) is 33.1 Å². The number of hydrogen-bond donors (Lipinski definition) is 0. The Morgan fingerprint density at radius 2 is 0.806 bits per heavy atom. The Labute approximate surface area is 390 Å². The van der Waals surface area contributed by atoms with Crippen molar-refractivity contribution in [1.29, 1.82) is 0 Å². The lowest BCUT2D eigenvalue weighted by Gasteiger charge is -2.35. The first-order valence-electron chi connectivity index (χ1n) is 23.1. The largest absolute Gasteiger partial charge is 0.455 e. The fourth-order valence-corrected chi connectivity index (χ4v) is 11.0. The summed E-state index contributed by atoms with van der Waals surface area (Å²) in [6.45, 7) is 0. The second kappa shape index (κ2) is 15.8. The van der Waals surface area contributed by atoms with Crippen molar-refractivity contribution in [2.24, 2.45) is 0 Å². The summed E-state index contributed by atoms with van der Waals surface area (Å²) in [6, 6.07) is 95.2. The zero-order valence-electron chi connectivity index (χ0n) is 36.7. The van der Waals surface area contributed by atoms with Crippen LogP contribution in [0.4, 0.5) is 17.1 Å². The predicted molar refractivity (Wildman–Crippen MR) is 280 cm³/mol. The predicted octanol–water partition coefficient (Wildman–Crippen LogP) is 17.6. The van der Waals surface area contributed by atoms with E-state index in [1.165, 1.54) is 66.4 Å². The summed E-state index contributed by atoms with van der Waals surface area (Å²) in [5.74, 6) is 0. The lowest BCUT2D eigenvalue weighted by Crippen LogP contribution is -2.29. The van der Waals surface area contributed by atoms with E-state index in [2.05, 4.69) is 260 Å². The topological polar surface area (TPSA) is 16.4 Å². The van der Waals surface area contributed by atoms with Gasteiger partial charge in [0.2, 0.25) is 0 Å². The van der Waals surface area contributed by atoms with E-state index < -0.39 is 5.41 Å². The normalized spacial score (nSPS) is 12.6. The highest BCUT2D eigenvalue weighted by atomic mass is 16.3. The van der Waals surface area contributed by atoms with Gasteiger partial charge < -0.3 is 9.32 Å². The standard InChI is InChI=1S/C65H43NO/c1-5-18-44(19-6-1)46-32-37-51(38-33-46)66(52-39-34-47(35-40-52)53-29-17-30-57-55-27-15-16-31-62(55)67-64(53)57)61-43-59-58-42-48(45-20-7-2-8-21-45)36-41-60(58)65(49-22-9-3-10-23-49,50-24-11-4-12-25-50)63(59)56-28-14-13-26-54(56)61/h1-43H. The highest BCUT2D eigenvalue weighted by molar-refractivity contribution is 6.11. The van der Waals surface area contributed by atoms with Crippen LogP contribution in [-0.4, -0.2) is 0 Å². The number of nitrogens with zero attached hydrogens (tertiary/aromatic N) is 1. The molecule has 1 heterocycles. The van der Waals surface area contributed by atoms with Crippen LogP contribution >= 0.6 is 0 Å². The number of benzene rings is 11. The Bertz CT molecular complexity index is 3720. The van der Waals surface area contributed by atoms with Gasteiger partial charge in [0.1, 0.15) is 11.2 Å². The summed E-state index contributed by atoms with van der Waals surface area (Å²) in [4.78, 5) is 2.45. The monoisotopic (exact) mass is 853 g/mol. The van der Waals surface area contributed by atoms with Crippen molar-refractivity contribution >= 4 is 49.8 Å². The average molecular weight is 854 g/mol. The van der Waals surface area contributed by atoms with E-state index in [0.717, 1.165) is 50.1 Å². The Kier molecular flexibility index (Phi) is 9.11. The number of hydrogen-bond acceptors (Lipinski definition) is 2. The Morgan fingerprint density at radius 3 is 1.45 bits per heavy atom. The molecule has 0 bridgehead atoms. The third kappa shape index (κ3) is 6.18. The zero-order chi connectivity index (χ0) is 44.3. The van der Waals surface area contributed by atoms with Gasteiger partial charge in [0.05, 0.1) is 11.1 Å². The van der Waals surface area contributed by atoms with E-state index in [9.17, 15) is 0 Å². The molecular formula is C65H43NO. The van der Waals surface area contributed by atoms with E-state index in [1.54, 1.807) is 0 Å². The molecule has 1 aromatic heterocycles. The van der Waals surface area contributed by atoms with Gasteiger partial charge in [-0.25, -0.2) is 0 Å². The lowest BCUT2D eigenvalue weighted by molar-refractivity contribution is 0.670. The highest BCUT2D eigenvalue weighted by Crippen LogP contribution is 2.60. The third-order valence-electron chi connectivity index (χ3n) is 13.9. The van der Waals surface area contributed by atoms with Gasteiger partial charge in [-0.2, -0.15) is 0 Å². The van der Waals surface area contributed by atoms with Crippen LogP contribution in [0, 0.1) is 0 Å². The summed E-state index contributed by atoms with van der Waals surface area (Å²) in [7, 11) is 0. The van der Waals surface area contributed by atoms with Crippen LogP contribution in [0.15, 0.2) is 265 Å². The molecular weight excluding hydrogens is 811 g/mol. The first-order valence-corrected chi connectivity index (χ1v) is 23.1. The molecule has 0 aliphatic heterocycles. The molecule has 0 spiro atoms. The summed E-state index contributed by atoms with van der Waals surface area (Å²) >= 11 is 0. The van der Waals surface area contributed by atoms with Crippen LogP contribution < -0.4 is 4.90 Å². The van der Waals surface area contributed by atoms with E-state index in [0.29, 0.717) is 0 Å². The lowest BCUT2D eigenvalue weighted by atomic mass is 9.66. The molecule has 0 N–H and O–H groups in total. The number of para-hydroxylation sites is 2. The van der Waals surface area contributed by atoms with Crippen LogP contribution in [0.2, 0.25) is 0 Å². The summed E-state index contributed by atoms with van der Waals surface area (Å²) in [5, 5.41) is 4.65. The molecule has 67 heavy (non-hydrogen) atoms. The smallest absolute Gasteiger partial charge is 0.143 e. The molecule has 1 aliphatic rings. The third-order valence-corrected chi connectivity index (χ3v) is 13.9. The highest BCUT2D eigenvalue weighted by Gasteiger charge is 2.48. The fourth-order valence-electron chi connectivity index (χ4n) is 11.0. The zero-order valence-corrected chi connectivity index (χ0v) is 36.7. The molecule has 0 saturated heterocycles. The second-order valence-electron chi connectivity index (χ2n) is 17.5. The Balaban J connectivity index is 1.07. The van der Waals surface area contributed by atoms with Crippen LogP contribution in [0.1, 0.15) is 22.3 Å². The molecule has 0 fully saturated rings. The summed E-state index contributed by atoms with van der Waals surface area (Å²) < 4.78 is 6.53. The number of fused-ring (bicyclic) bond motifs is 8. The Hall–Kier alpha value is -8.72. The fraction of sp³-hybridized carbons (Fsp3) is 0.0154. The van der Waals surface area contributed by atoms with Crippen molar-refractivity contribution in [2.75, 3.05) is 4.90 Å². The quantitative estimate of drug-likeness (QED) is 0.151. The van der Waals surface area contributed by atoms with Crippen LogP contribution in [0.3, 0.4) is 0 Å². The molecule has 0 amide bonds. The van der Waals surface area contributed by atoms with Gasteiger partial charge in [-0.3, -0.25) is 0 Å². The molecule has 0 atom stereocenters. The van der Waals surface area contributed by atoms with Crippen molar-refractivity contribution in [2.45, 2.75) is 5.41 Å². The van der Waals surface area contributed by atoms with Crippen LogP contribution in [0.5, 0.6) is 0 Å². The van der Waals surface area contributed by atoms with E-state index >= 15 is 0 Å². The second-order valence-corrected chi connectivity index (χ2v) is 17.5. The van der Waals surface area contributed by atoms with E-state index in [-0.39, 0.29) is 0 Å². The molecule has 0 unspecified atom stereocenters. The first-order chi connectivity index (χ1) is 33.2. The molecule has 1 aliphatic carbocycles. The summed E-state index contributed by atoms with van der Waals surface area (Å²) in [5.41, 5.74) is 19.0. The van der Waals surface area contributed by atoms with Gasteiger partial charge in [0.15, 0.2) is 0 Å². The van der Waals surface area contributed by atoms with E-state index in [4.69, 9.17) is 4.42 Å². The molecule has 13 rings (SSSR count). The van der Waals surface area contributed by atoms with Gasteiger partial charge in [-0.05, 0) is 109 Å². The van der Waals surface area contributed by atoms with Gasteiger partial charge in [-0.15, -0.1) is 0 Å². The van der Waals surface area contributed by atoms with Gasteiger partial charge in [-0.1, -0.05) is 218 Å². The average Bonchev–Trinajstić information content (AvgIpc) is 3.94.